The first-order chi connectivity index (χ1) is 9.47. The van der Waals surface area contributed by atoms with Crippen molar-refractivity contribution < 1.29 is 4.79 Å². The zero-order valence-electron chi connectivity index (χ0n) is 11.4. The van der Waals surface area contributed by atoms with Crippen LogP contribution in [0, 0.1) is 0 Å². The topological polar surface area (TPSA) is 68.0 Å². The maximum Gasteiger partial charge on any atom is 0.250 e. The summed E-state index contributed by atoms with van der Waals surface area (Å²) in [7, 11) is 0. The number of pyridine rings is 1. The predicted octanol–water partition coefficient (Wildman–Crippen LogP) is 3.70. The highest BCUT2D eigenvalue weighted by Gasteiger charge is 2.08. The van der Waals surface area contributed by atoms with Crippen LogP contribution in [0.4, 0.5) is 11.5 Å². The molecular weight excluding hydrogens is 274 g/mol. The molecule has 0 unspecified atom stereocenters. The first-order valence-corrected chi connectivity index (χ1v) is 6.67. The van der Waals surface area contributed by atoms with E-state index < -0.39 is 5.91 Å². The number of rotatable bonds is 4. The van der Waals surface area contributed by atoms with Crippen LogP contribution in [0.5, 0.6) is 0 Å². The van der Waals surface area contributed by atoms with E-state index in [9.17, 15) is 4.79 Å². The molecule has 1 heterocycles. The van der Waals surface area contributed by atoms with E-state index in [1.807, 2.05) is 18.2 Å². The molecular formula is C15H16ClN3O. The summed E-state index contributed by atoms with van der Waals surface area (Å²) in [4.78, 5) is 15.2. The summed E-state index contributed by atoms with van der Waals surface area (Å²) in [5.41, 5.74) is 7.59. The number of hydrogen-bond acceptors (Lipinski definition) is 3. The van der Waals surface area contributed by atoms with Crippen molar-refractivity contribution >= 4 is 29.0 Å². The molecule has 0 atom stereocenters. The van der Waals surface area contributed by atoms with Gasteiger partial charge in [0.25, 0.3) is 0 Å². The number of carbonyl (C=O) groups excluding carboxylic acids is 1. The maximum absolute atomic E-state index is 11.0. The van der Waals surface area contributed by atoms with Gasteiger partial charge in [-0.05, 0) is 29.7 Å². The Morgan fingerprint density at radius 2 is 2.10 bits per heavy atom. The Labute approximate surface area is 123 Å². The third kappa shape index (κ3) is 3.27. The summed E-state index contributed by atoms with van der Waals surface area (Å²) in [6, 6.07) is 9.53. The van der Waals surface area contributed by atoms with Gasteiger partial charge in [0.1, 0.15) is 5.82 Å². The first-order valence-electron chi connectivity index (χ1n) is 6.29. The number of amides is 1. The monoisotopic (exact) mass is 289 g/mol. The fourth-order valence-corrected chi connectivity index (χ4v) is 1.99. The van der Waals surface area contributed by atoms with Crippen molar-refractivity contribution in [1.82, 2.24) is 4.98 Å². The van der Waals surface area contributed by atoms with Gasteiger partial charge in [-0.1, -0.05) is 37.6 Å². The molecule has 0 aliphatic rings. The molecule has 4 nitrogen and oxygen atoms in total. The van der Waals surface area contributed by atoms with Gasteiger partial charge < -0.3 is 11.1 Å². The predicted molar refractivity (Wildman–Crippen MR) is 81.6 cm³/mol. The van der Waals surface area contributed by atoms with E-state index in [1.54, 1.807) is 0 Å². The van der Waals surface area contributed by atoms with Gasteiger partial charge in [0.2, 0.25) is 5.91 Å². The molecule has 104 valence electrons. The van der Waals surface area contributed by atoms with Crippen LogP contribution in [0.2, 0.25) is 5.02 Å². The molecule has 0 radical (unpaired) electrons. The average Bonchev–Trinajstić information content (AvgIpc) is 2.41. The normalized spacial score (nSPS) is 10.6. The second kappa shape index (κ2) is 5.92. The third-order valence-electron chi connectivity index (χ3n) is 2.94. The minimum absolute atomic E-state index is 0.288. The van der Waals surface area contributed by atoms with Crippen molar-refractivity contribution in [3.63, 3.8) is 0 Å². The van der Waals surface area contributed by atoms with Crippen LogP contribution in [0.3, 0.4) is 0 Å². The maximum atomic E-state index is 11.0. The number of nitrogens with two attached hydrogens (primary N) is 1. The number of hydrogen-bond donors (Lipinski definition) is 2. The molecule has 2 rings (SSSR count). The number of carbonyl (C=O) groups is 1. The van der Waals surface area contributed by atoms with Gasteiger partial charge >= 0.3 is 0 Å². The zero-order chi connectivity index (χ0) is 14.7. The molecule has 0 saturated heterocycles. The van der Waals surface area contributed by atoms with E-state index in [0.29, 0.717) is 16.8 Å². The number of aromatic nitrogens is 1. The highest BCUT2D eigenvalue weighted by atomic mass is 35.5. The lowest BCUT2D eigenvalue weighted by molar-refractivity contribution is 0.1000. The number of benzene rings is 1. The Hall–Kier alpha value is -2.07. The molecule has 1 amide bonds. The summed E-state index contributed by atoms with van der Waals surface area (Å²) in [6.45, 7) is 4.26. The van der Waals surface area contributed by atoms with Crippen LogP contribution in [-0.2, 0) is 0 Å². The van der Waals surface area contributed by atoms with E-state index in [-0.39, 0.29) is 5.56 Å². The van der Waals surface area contributed by atoms with Crippen molar-refractivity contribution in [3.05, 3.63) is 52.7 Å². The van der Waals surface area contributed by atoms with Crippen LogP contribution in [-0.4, -0.2) is 10.9 Å². The molecule has 1 aromatic carbocycles. The second-order valence-electron chi connectivity index (χ2n) is 4.82. The van der Waals surface area contributed by atoms with E-state index in [4.69, 9.17) is 17.3 Å². The summed E-state index contributed by atoms with van der Waals surface area (Å²) in [5.74, 6) is 0.391. The highest BCUT2D eigenvalue weighted by Crippen LogP contribution is 2.25. The Balaban J connectivity index is 2.26. The van der Waals surface area contributed by atoms with Crippen molar-refractivity contribution in [1.29, 1.82) is 0 Å². The largest absolute Gasteiger partial charge is 0.366 e. The fourth-order valence-electron chi connectivity index (χ4n) is 1.78. The van der Waals surface area contributed by atoms with E-state index in [1.165, 1.54) is 17.8 Å². The number of nitrogens with zero attached hydrogens (tertiary/aromatic N) is 1. The SMILES string of the molecule is CC(C)c1cccc(Nc2ncc(C(N)=O)cc2Cl)c1. The van der Waals surface area contributed by atoms with Gasteiger partial charge in [-0.25, -0.2) is 4.98 Å². The Morgan fingerprint density at radius 3 is 2.70 bits per heavy atom. The molecule has 20 heavy (non-hydrogen) atoms. The van der Waals surface area contributed by atoms with Crippen molar-refractivity contribution in [2.75, 3.05) is 5.32 Å². The van der Waals surface area contributed by atoms with E-state index >= 15 is 0 Å². The summed E-state index contributed by atoms with van der Waals surface area (Å²) in [6.07, 6.45) is 1.41. The van der Waals surface area contributed by atoms with Gasteiger partial charge in [-0.2, -0.15) is 0 Å². The molecule has 5 heteroatoms. The molecule has 0 aliphatic carbocycles. The second-order valence-corrected chi connectivity index (χ2v) is 5.23. The summed E-state index contributed by atoms with van der Waals surface area (Å²) < 4.78 is 0. The number of primary amides is 1. The molecule has 1 aromatic heterocycles. The molecule has 0 aliphatic heterocycles. The lowest BCUT2D eigenvalue weighted by Gasteiger charge is -2.11. The van der Waals surface area contributed by atoms with E-state index in [0.717, 1.165) is 5.69 Å². The Morgan fingerprint density at radius 1 is 1.35 bits per heavy atom. The van der Waals surface area contributed by atoms with Gasteiger partial charge in [-0.3, -0.25) is 4.79 Å². The quantitative estimate of drug-likeness (QED) is 0.902. The van der Waals surface area contributed by atoms with Crippen LogP contribution in [0.25, 0.3) is 0 Å². The third-order valence-corrected chi connectivity index (χ3v) is 3.23. The standard InChI is InChI=1S/C15H16ClN3O/c1-9(2)10-4-3-5-12(6-10)19-15-13(16)7-11(8-18-15)14(17)20/h3-9H,1-2H3,(H2,17,20)(H,18,19). The Kier molecular flexibility index (Phi) is 4.25. The molecule has 0 saturated carbocycles. The van der Waals surface area contributed by atoms with Gasteiger partial charge in [0.05, 0.1) is 10.6 Å². The van der Waals surface area contributed by atoms with Crippen LogP contribution in [0.15, 0.2) is 36.5 Å². The lowest BCUT2D eigenvalue weighted by Crippen LogP contribution is -2.11. The molecule has 0 spiro atoms. The summed E-state index contributed by atoms with van der Waals surface area (Å²) in [5, 5.41) is 3.50. The molecule has 0 fully saturated rings. The number of halogens is 1. The average molecular weight is 290 g/mol. The lowest BCUT2D eigenvalue weighted by atomic mass is 10.0. The molecule has 2 aromatic rings. The first kappa shape index (κ1) is 14.3. The van der Waals surface area contributed by atoms with Crippen LogP contribution >= 0.6 is 11.6 Å². The van der Waals surface area contributed by atoms with Crippen molar-refractivity contribution in [3.8, 4) is 0 Å². The van der Waals surface area contributed by atoms with Crippen molar-refractivity contribution in [2.24, 2.45) is 5.73 Å². The smallest absolute Gasteiger partial charge is 0.250 e. The molecule has 3 N–H and O–H groups in total. The van der Waals surface area contributed by atoms with Gasteiger partial charge in [-0.15, -0.1) is 0 Å². The van der Waals surface area contributed by atoms with E-state index in [2.05, 4.69) is 30.2 Å². The summed E-state index contributed by atoms with van der Waals surface area (Å²) >= 11 is 6.09. The number of nitrogens with one attached hydrogen (secondary N) is 1. The fraction of sp³-hybridized carbons (Fsp3) is 0.200. The van der Waals surface area contributed by atoms with Gasteiger partial charge in [0, 0.05) is 11.9 Å². The number of anilines is 2. The zero-order valence-corrected chi connectivity index (χ0v) is 12.1. The van der Waals surface area contributed by atoms with Crippen LogP contribution in [0.1, 0.15) is 35.7 Å². The van der Waals surface area contributed by atoms with Crippen molar-refractivity contribution in [2.45, 2.75) is 19.8 Å². The van der Waals surface area contributed by atoms with Gasteiger partial charge in [0.15, 0.2) is 0 Å². The van der Waals surface area contributed by atoms with Crippen LogP contribution < -0.4 is 11.1 Å². The Bertz CT molecular complexity index is 641. The molecule has 0 bridgehead atoms. The minimum atomic E-state index is -0.548. The minimum Gasteiger partial charge on any atom is -0.366 e. The highest BCUT2D eigenvalue weighted by molar-refractivity contribution is 6.33.